The van der Waals surface area contributed by atoms with Gasteiger partial charge in [0.25, 0.3) is 5.91 Å². The lowest BCUT2D eigenvalue weighted by Crippen LogP contribution is -2.52. The number of benzene rings is 2. The lowest BCUT2D eigenvalue weighted by molar-refractivity contribution is -0.140. The van der Waals surface area contributed by atoms with E-state index < -0.39 is 29.7 Å². The van der Waals surface area contributed by atoms with E-state index in [-0.39, 0.29) is 18.4 Å². The Morgan fingerprint density at radius 3 is 2.13 bits per heavy atom. The second-order valence-electron chi connectivity index (χ2n) is 10.8. The number of methoxy groups -OCH3 is 1. The third-order valence-corrected chi connectivity index (χ3v) is 5.93. The Balaban J connectivity index is 2.49. The molecule has 0 radical (unpaired) electrons. The third-order valence-electron chi connectivity index (χ3n) is 5.93. The molecule has 2 rings (SSSR count). The molecular formula is C31H43N3O5. The van der Waals surface area contributed by atoms with Gasteiger partial charge in [-0.05, 0) is 74.9 Å². The summed E-state index contributed by atoms with van der Waals surface area (Å²) in [6.07, 6.45) is 2.10. The Morgan fingerprint density at radius 1 is 1.03 bits per heavy atom. The van der Waals surface area contributed by atoms with Gasteiger partial charge in [0.05, 0.1) is 7.11 Å². The van der Waals surface area contributed by atoms with Gasteiger partial charge in [0, 0.05) is 12.2 Å². The average Bonchev–Trinajstić information content (AvgIpc) is 2.87. The minimum Gasteiger partial charge on any atom is -0.497 e. The lowest BCUT2D eigenvalue weighted by atomic mass is 9.98. The zero-order valence-corrected chi connectivity index (χ0v) is 24.2. The SMILES string of the molecule is C=CCN(C(=O)C(CC(C)C)NC(=O)OC(C)(C)C)C(C(=O)Nc1ccc(OC)cc1)c1ccc(CC)cc1. The van der Waals surface area contributed by atoms with Crippen molar-refractivity contribution in [2.75, 3.05) is 19.0 Å². The Hall–Kier alpha value is -3.81. The summed E-state index contributed by atoms with van der Waals surface area (Å²) in [7, 11) is 1.57. The largest absolute Gasteiger partial charge is 0.497 e. The van der Waals surface area contributed by atoms with Crippen LogP contribution in [0.1, 0.15) is 65.1 Å². The molecule has 0 aliphatic heterocycles. The monoisotopic (exact) mass is 537 g/mol. The van der Waals surface area contributed by atoms with Gasteiger partial charge in [-0.25, -0.2) is 4.79 Å². The zero-order valence-electron chi connectivity index (χ0n) is 24.2. The fraction of sp³-hybridized carbons (Fsp3) is 0.452. The molecule has 2 aromatic rings. The van der Waals surface area contributed by atoms with Crippen molar-refractivity contribution in [1.29, 1.82) is 0 Å². The summed E-state index contributed by atoms with van der Waals surface area (Å²) in [5.74, 6) is -0.0353. The summed E-state index contributed by atoms with van der Waals surface area (Å²) in [5, 5.41) is 5.67. The number of anilines is 1. The normalized spacial score (nSPS) is 12.7. The first kappa shape index (κ1) is 31.4. The van der Waals surface area contributed by atoms with Crippen LogP contribution in [0.5, 0.6) is 5.75 Å². The standard InChI is InChI=1S/C31H43N3O5/c1-9-19-34(29(36)26(20-21(3)4)33-30(37)39-31(5,6)7)27(23-13-11-22(10-2)12-14-23)28(35)32-24-15-17-25(38-8)18-16-24/h9,11-18,21,26-27H,1,10,19-20H2,2-8H3,(H,32,35)(H,33,37). The number of nitrogens with zero attached hydrogens (tertiary/aromatic N) is 1. The first-order chi connectivity index (χ1) is 18.4. The molecule has 2 aromatic carbocycles. The molecule has 0 fully saturated rings. The topological polar surface area (TPSA) is 97.0 Å². The van der Waals surface area contributed by atoms with Crippen LogP contribution >= 0.6 is 0 Å². The maximum Gasteiger partial charge on any atom is 0.408 e. The number of amides is 3. The van der Waals surface area contributed by atoms with E-state index in [0.717, 1.165) is 12.0 Å². The summed E-state index contributed by atoms with van der Waals surface area (Å²) in [4.78, 5) is 42.0. The summed E-state index contributed by atoms with van der Waals surface area (Å²) in [6, 6.07) is 12.7. The van der Waals surface area contributed by atoms with Gasteiger partial charge in [0.2, 0.25) is 5.91 Å². The fourth-order valence-electron chi connectivity index (χ4n) is 4.10. The maximum atomic E-state index is 14.1. The van der Waals surface area contributed by atoms with E-state index in [0.29, 0.717) is 23.4 Å². The van der Waals surface area contributed by atoms with Crippen LogP contribution in [0.4, 0.5) is 10.5 Å². The van der Waals surface area contributed by atoms with Crippen molar-refractivity contribution in [2.45, 2.75) is 72.1 Å². The highest BCUT2D eigenvalue weighted by Crippen LogP contribution is 2.26. The number of alkyl carbamates (subject to hydrolysis) is 1. The van der Waals surface area contributed by atoms with Gasteiger partial charge in [-0.3, -0.25) is 9.59 Å². The first-order valence-corrected chi connectivity index (χ1v) is 13.3. The van der Waals surface area contributed by atoms with E-state index >= 15 is 0 Å². The molecule has 3 amide bonds. The fourth-order valence-corrected chi connectivity index (χ4v) is 4.10. The Labute approximate surface area is 232 Å². The van der Waals surface area contributed by atoms with Gasteiger partial charge in [-0.2, -0.15) is 0 Å². The number of carbonyl (C=O) groups is 3. The molecular weight excluding hydrogens is 494 g/mol. The molecule has 0 heterocycles. The molecule has 0 spiro atoms. The molecule has 0 bridgehead atoms. The van der Waals surface area contributed by atoms with Crippen molar-refractivity contribution < 1.29 is 23.9 Å². The number of nitrogens with one attached hydrogen (secondary N) is 2. The molecule has 2 atom stereocenters. The second-order valence-corrected chi connectivity index (χ2v) is 10.8. The molecule has 0 saturated carbocycles. The molecule has 8 nitrogen and oxygen atoms in total. The maximum absolute atomic E-state index is 14.1. The number of hydrogen-bond donors (Lipinski definition) is 2. The van der Waals surface area contributed by atoms with Gasteiger partial charge in [-0.15, -0.1) is 6.58 Å². The molecule has 0 aliphatic rings. The molecule has 212 valence electrons. The highest BCUT2D eigenvalue weighted by atomic mass is 16.6. The van der Waals surface area contributed by atoms with Crippen molar-refractivity contribution in [3.8, 4) is 5.75 Å². The molecule has 0 aliphatic carbocycles. The lowest BCUT2D eigenvalue weighted by Gasteiger charge is -2.34. The minimum atomic E-state index is -0.974. The molecule has 0 saturated heterocycles. The van der Waals surface area contributed by atoms with Crippen LogP contribution in [0.15, 0.2) is 61.2 Å². The Morgan fingerprint density at radius 2 is 1.64 bits per heavy atom. The van der Waals surface area contributed by atoms with Gasteiger partial charge in [-0.1, -0.05) is 51.1 Å². The predicted molar refractivity (Wildman–Crippen MR) is 155 cm³/mol. The molecule has 39 heavy (non-hydrogen) atoms. The van der Waals surface area contributed by atoms with Gasteiger partial charge < -0.3 is 25.0 Å². The summed E-state index contributed by atoms with van der Waals surface area (Å²) >= 11 is 0. The van der Waals surface area contributed by atoms with E-state index in [9.17, 15) is 14.4 Å². The van der Waals surface area contributed by atoms with Crippen molar-refractivity contribution in [3.05, 3.63) is 72.3 Å². The van der Waals surface area contributed by atoms with Gasteiger partial charge >= 0.3 is 6.09 Å². The van der Waals surface area contributed by atoms with Crippen molar-refractivity contribution in [1.82, 2.24) is 10.2 Å². The van der Waals surface area contributed by atoms with Crippen LogP contribution in [0.25, 0.3) is 0 Å². The van der Waals surface area contributed by atoms with E-state index in [2.05, 4.69) is 24.1 Å². The summed E-state index contributed by atoms with van der Waals surface area (Å²) < 4.78 is 10.6. The highest BCUT2D eigenvalue weighted by molar-refractivity contribution is 5.99. The molecule has 2 unspecified atom stereocenters. The van der Waals surface area contributed by atoms with E-state index in [1.54, 1.807) is 58.2 Å². The smallest absolute Gasteiger partial charge is 0.408 e. The van der Waals surface area contributed by atoms with E-state index in [4.69, 9.17) is 9.47 Å². The second kappa shape index (κ2) is 14.4. The number of ether oxygens (including phenoxy) is 2. The minimum absolute atomic E-state index is 0.0925. The van der Waals surface area contributed by atoms with Crippen molar-refractivity contribution in [2.24, 2.45) is 5.92 Å². The van der Waals surface area contributed by atoms with Crippen LogP contribution in [-0.4, -0.2) is 48.1 Å². The van der Waals surface area contributed by atoms with E-state index in [1.807, 2.05) is 38.1 Å². The Kier molecular flexibility index (Phi) is 11.6. The first-order valence-electron chi connectivity index (χ1n) is 13.3. The molecule has 2 N–H and O–H groups in total. The van der Waals surface area contributed by atoms with Crippen LogP contribution < -0.4 is 15.4 Å². The van der Waals surface area contributed by atoms with Crippen LogP contribution in [-0.2, 0) is 20.7 Å². The van der Waals surface area contributed by atoms with Crippen LogP contribution in [0, 0.1) is 5.92 Å². The number of aryl methyl sites for hydroxylation is 1. The quantitative estimate of drug-likeness (QED) is 0.329. The summed E-state index contributed by atoms with van der Waals surface area (Å²) in [5.41, 5.74) is 1.60. The third kappa shape index (κ3) is 9.78. The molecule has 0 aromatic heterocycles. The van der Waals surface area contributed by atoms with E-state index in [1.165, 1.54) is 4.90 Å². The predicted octanol–water partition coefficient (Wildman–Crippen LogP) is 5.89. The highest BCUT2D eigenvalue weighted by Gasteiger charge is 2.36. The number of carbonyl (C=O) groups excluding carboxylic acids is 3. The summed E-state index contributed by atoms with van der Waals surface area (Å²) in [6.45, 7) is 15.2. The zero-order chi connectivity index (χ0) is 29.2. The van der Waals surface area contributed by atoms with Crippen molar-refractivity contribution in [3.63, 3.8) is 0 Å². The van der Waals surface area contributed by atoms with Crippen LogP contribution in [0.3, 0.4) is 0 Å². The Bertz CT molecular complexity index is 1100. The average molecular weight is 538 g/mol. The van der Waals surface area contributed by atoms with Gasteiger partial charge in [0.1, 0.15) is 23.4 Å². The van der Waals surface area contributed by atoms with Crippen molar-refractivity contribution >= 4 is 23.6 Å². The number of rotatable bonds is 12. The number of hydrogen-bond acceptors (Lipinski definition) is 5. The van der Waals surface area contributed by atoms with Crippen LogP contribution in [0.2, 0.25) is 0 Å². The van der Waals surface area contributed by atoms with Gasteiger partial charge in [0.15, 0.2) is 0 Å². The molecule has 8 heteroatoms.